The molecular formula is C13H10Cl2N4. The second-order valence-corrected chi connectivity index (χ2v) is 4.94. The molecule has 6 heteroatoms. The molecule has 0 saturated carbocycles. The van der Waals surface area contributed by atoms with Gasteiger partial charge in [0.05, 0.1) is 10.5 Å². The molecule has 0 aliphatic heterocycles. The van der Waals surface area contributed by atoms with E-state index in [0.717, 1.165) is 24.2 Å². The van der Waals surface area contributed by atoms with Crippen molar-refractivity contribution in [2.75, 3.05) is 0 Å². The molecule has 0 saturated heterocycles. The Balaban J connectivity index is 1.82. The predicted molar refractivity (Wildman–Crippen MR) is 75.6 cm³/mol. The molecule has 3 aromatic heterocycles. The lowest BCUT2D eigenvalue weighted by Crippen LogP contribution is -1.93. The Labute approximate surface area is 119 Å². The number of nitrogens with one attached hydrogen (secondary N) is 1. The minimum absolute atomic E-state index is 0.277. The SMILES string of the molecule is Clc1cc2[nH]c(CCc3cccnc3)nc2nc1Cl. The molecule has 3 aromatic rings. The lowest BCUT2D eigenvalue weighted by Gasteiger charge is -1.97. The van der Waals surface area contributed by atoms with E-state index in [2.05, 4.69) is 19.9 Å². The minimum Gasteiger partial charge on any atom is -0.341 e. The predicted octanol–water partition coefficient (Wildman–Crippen LogP) is 3.44. The molecule has 0 atom stereocenters. The molecule has 0 fully saturated rings. The first-order valence-electron chi connectivity index (χ1n) is 5.82. The fourth-order valence-corrected chi connectivity index (χ4v) is 2.16. The maximum absolute atomic E-state index is 5.92. The van der Waals surface area contributed by atoms with Crippen molar-refractivity contribution < 1.29 is 0 Å². The molecule has 3 heterocycles. The standard InChI is InChI=1S/C13H10Cl2N4/c14-9-6-10-13(19-12(9)15)18-11(17-10)4-3-8-2-1-5-16-7-8/h1-2,5-7H,3-4H2,(H,17,18,19). The van der Waals surface area contributed by atoms with E-state index in [9.17, 15) is 0 Å². The summed E-state index contributed by atoms with van der Waals surface area (Å²) in [6.45, 7) is 0. The average Bonchev–Trinajstić information content (AvgIpc) is 2.80. The number of hydrogen-bond acceptors (Lipinski definition) is 3. The molecule has 0 spiro atoms. The van der Waals surface area contributed by atoms with Crippen molar-refractivity contribution in [1.29, 1.82) is 0 Å². The van der Waals surface area contributed by atoms with Gasteiger partial charge < -0.3 is 4.98 Å². The van der Waals surface area contributed by atoms with Crippen molar-refractivity contribution in [1.82, 2.24) is 19.9 Å². The van der Waals surface area contributed by atoms with E-state index < -0.39 is 0 Å². The van der Waals surface area contributed by atoms with Gasteiger partial charge in [-0.2, -0.15) is 0 Å². The third-order valence-corrected chi connectivity index (χ3v) is 3.48. The van der Waals surface area contributed by atoms with Crippen molar-refractivity contribution >= 4 is 34.4 Å². The van der Waals surface area contributed by atoms with Crippen LogP contribution in [0.1, 0.15) is 11.4 Å². The van der Waals surface area contributed by atoms with Gasteiger partial charge in [0.2, 0.25) is 0 Å². The molecule has 0 aliphatic rings. The molecule has 0 unspecified atom stereocenters. The zero-order valence-electron chi connectivity index (χ0n) is 9.90. The summed E-state index contributed by atoms with van der Waals surface area (Å²) in [6.07, 6.45) is 5.28. The minimum atomic E-state index is 0.277. The summed E-state index contributed by atoms with van der Waals surface area (Å²) in [5.41, 5.74) is 2.57. The maximum atomic E-state index is 5.92. The number of aromatic amines is 1. The first-order valence-corrected chi connectivity index (χ1v) is 6.57. The van der Waals surface area contributed by atoms with Gasteiger partial charge in [-0.15, -0.1) is 0 Å². The van der Waals surface area contributed by atoms with Crippen LogP contribution in [0.15, 0.2) is 30.6 Å². The van der Waals surface area contributed by atoms with Crippen molar-refractivity contribution in [3.8, 4) is 0 Å². The van der Waals surface area contributed by atoms with Gasteiger partial charge in [-0.05, 0) is 24.1 Å². The summed E-state index contributed by atoms with van der Waals surface area (Å²) in [7, 11) is 0. The van der Waals surface area contributed by atoms with Crippen LogP contribution in [0.25, 0.3) is 11.2 Å². The monoisotopic (exact) mass is 292 g/mol. The highest BCUT2D eigenvalue weighted by atomic mass is 35.5. The summed E-state index contributed by atoms with van der Waals surface area (Å²) in [6, 6.07) is 5.71. The molecule has 0 amide bonds. The van der Waals surface area contributed by atoms with E-state index >= 15 is 0 Å². The van der Waals surface area contributed by atoms with Crippen molar-refractivity contribution in [2.24, 2.45) is 0 Å². The fraction of sp³-hybridized carbons (Fsp3) is 0.154. The highest BCUT2D eigenvalue weighted by molar-refractivity contribution is 6.41. The molecule has 0 aliphatic carbocycles. The Bertz CT molecular complexity index is 670. The number of imidazole rings is 1. The number of H-pyrrole nitrogens is 1. The van der Waals surface area contributed by atoms with Crippen LogP contribution in [-0.4, -0.2) is 19.9 Å². The first-order chi connectivity index (χ1) is 9.22. The molecule has 96 valence electrons. The van der Waals surface area contributed by atoms with Gasteiger partial charge in [0.15, 0.2) is 5.65 Å². The van der Waals surface area contributed by atoms with Crippen molar-refractivity contribution in [3.63, 3.8) is 0 Å². The van der Waals surface area contributed by atoms with Crippen LogP contribution in [0.3, 0.4) is 0 Å². The van der Waals surface area contributed by atoms with Gasteiger partial charge in [0.25, 0.3) is 0 Å². The second kappa shape index (κ2) is 5.15. The molecule has 1 N–H and O–H groups in total. The fourth-order valence-electron chi connectivity index (χ4n) is 1.87. The second-order valence-electron chi connectivity index (χ2n) is 4.18. The average molecular weight is 293 g/mol. The van der Waals surface area contributed by atoms with Crippen molar-refractivity contribution in [2.45, 2.75) is 12.8 Å². The number of nitrogens with zero attached hydrogens (tertiary/aromatic N) is 3. The Hall–Kier alpha value is -1.65. The van der Waals surface area contributed by atoms with Crippen LogP contribution in [0.4, 0.5) is 0 Å². The summed E-state index contributed by atoms with van der Waals surface area (Å²) in [4.78, 5) is 15.8. The van der Waals surface area contributed by atoms with Gasteiger partial charge in [-0.1, -0.05) is 29.3 Å². The third-order valence-electron chi connectivity index (χ3n) is 2.81. The summed E-state index contributed by atoms with van der Waals surface area (Å²) in [5.74, 6) is 0.865. The smallest absolute Gasteiger partial charge is 0.179 e. The van der Waals surface area contributed by atoms with Crippen LogP contribution in [0.2, 0.25) is 10.2 Å². The van der Waals surface area contributed by atoms with Crippen LogP contribution in [0, 0.1) is 0 Å². The molecular weight excluding hydrogens is 283 g/mol. The van der Waals surface area contributed by atoms with Gasteiger partial charge in [0.1, 0.15) is 11.0 Å². The van der Waals surface area contributed by atoms with E-state index in [0.29, 0.717) is 10.7 Å². The van der Waals surface area contributed by atoms with Gasteiger partial charge in [-0.25, -0.2) is 9.97 Å². The zero-order chi connectivity index (χ0) is 13.2. The normalized spacial score (nSPS) is 11.1. The topological polar surface area (TPSA) is 54.5 Å². The lowest BCUT2D eigenvalue weighted by atomic mass is 10.1. The first kappa shape index (κ1) is 12.4. The van der Waals surface area contributed by atoms with E-state index in [4.69, 9.17) is 23.2 Å². The summed E-state index contributed by atoms with van der Waals surface area (Å²) < 4.78 is 0. The molecule has 3 rings (SSSR count). The van der Waals surface area contributed by atoms with E-state index in [1.165, 1.54) is 5.56 Å². The van der Waals surface area contributed by atoms with Crippen LogP contribution < -0.4 is 0 Å². The molecule has 0 bridgehead atoms. The molecule has 19 heavy (non-hydrogen) atoms. The number of fused-ring (bicyclic) bond motifs is 1. The molecule has 4 nitrogen and oxygen atoms in total. The Morgan fingerprint density at radius 3 is 2.84 bits per heavy atom. The number of rotatable bonds is 3. The quantitative estimate of drug-likeness (QED) is 0.752. The Kier molecular flexibility index (Phi) is 3.36. The number of aromatic nitrogens is 4. The Morgan fingerprint density at radius 2 is 2.05 bits per heavy atom. The van der Waals surface area contributed by atoms with E-state index in [1.54, 1.807) is 12.3 Å². The number of pyridine rings is 2. The third kappa shape index (κ3) is 2.69. The lowest BCUT2D eigenvalue weighted by molar-refractivity contribution is 0.883. The van der Waals surface area contributed by atoms with Gasteiger partial charge >= 0.3 is 0 Å². The van der Waals surface area contributed by atoms with Crippen molar-refractivity contribution in [3.05, 3.63) is 52.2 Å². The largest absolute Gasteiger partial charge is 0.341 e. The molecule has 0 radical (unpaired) electrons. The van der Waals surface area contributed by atoms with Crippen LogP contribution in [0.5, 0.6) is 0 Å². The van der Waals surface area contributed by atoms with Gasteiger partial charge in [-0.3, -0.25) is 4.98 Å². The number of halogens is 2. The summed E-state index contributed by atoms with van der Waals surface area (Å²) in [5, 5.41) is 0.705. The number of aryl methyl sites for hydroxylation is 2. The van der Waals surface area contributed by atoms with Crippen LogP contribution in [-0.2, 0) is 12.8 Å². The zero-order valence-corrected chi connectivity index (χ0v) is 11.4. The number of hydrogen-bond donors (Lipinski definition) is 1. The van der Waals surface area contributed by atoms with E-state index in [-0.39, 0.29) is 5.15 Å². The molecule has 0 aromatic carbocycles. The highest BCUT2D eigenvalue weighted by Crippen LogP contribution is 2.23. The summed E-state index contributed by atoms with van der Waals surface area (Å²) >= 11 is 11.8. The van der Waals surface area contributed by atoms with Gasteiger partial charge in [0, 0.05) is 18.8 Å². The van der Waals surface area contributed by atoms with E-state index in [1.807, 2.05) is 18.3 Å². The highest BCUT2D eigenvalue weighted by Gasteiger charge is 2.08. The Morgan fingerprint density at radius 1 is 1.16 bits per heavy atom. The maximum Gasteiger partial charge on any atom is 0.179 e. The van der Waals surface area contributed by atoms with Crippen LogP contribution >= 0.6 is 23.2 Å².